The Morgan fingerprint density at radius 3 is 2.55 bits per heavy atom. The number of nitrogens with one attached hydrogen (secondary N) is 1. The van der Waals surface area contributed by atoms with E-state index in [4.69, 9.17) is 10.5 Å². The van der Waals surface area contributed by atoms with Gasteiger partial charge in [-0.2, -0.15) is 0 Å². The van der Waals surface area contributed by atoms with Crippen molar-refractivity contribution in [2.75, 3.05) is 12.8 Å². The minimum atomic E-state index is -0.135. The Kier molecular flexibility index (Phi) is 2.91. The molecule has 1 aromatic heterocycles. The van der Waals surface area contributed by atoms with Gasteiger partial charge >= 0.3 is 0 Å². The molecule has 1 heterocycles. The van der Waals surface area contributed by atoms with Crippen LogP contribution in [0, 0.1) is 0 Å². The predicted molar refractivity (Wildman–Crippen MR) is 81.0 cm³/mol. The van der Waals surface area contributed by atoms with Gasteiger partial charge in [-0.25, -0.2) is 0 Å². The number of rotatable bonds is 2. The molecule has 0 amide bonds. The van der Waals surface area contributed by atoms with Crippen LogP contribution in [0.25, 0.3) is 21.9 Å². The molecule has 20 heavy (non-hydrogen) atoms. The van der Waals surface area contributed by atoms with Crippen LogP contribution in [0.3, 0.4) is 0 Å². The maximum absolute atomic E-state index is 11.9. The first-order valence-corrected chi connectivity index (χ1v) is 6.25. The van der Waals surface area contributed by atoms with Crippen molar-refractivity contribution in [3.63, 3.8) is 0 Å². The van der Waals surface area contributed by atoms with Gasteiger partial charge in [0.25, 0.3) is 5.56 Å². The average molecular weight is 266 g/mol. The number of nitrogens with two attached hydrogens (primary N) is 1. The fourth-order valence-electron chi connectivity index (χ4n) is 2.35. The molecular weight excluding hydrogens is 252 g/mol. The highest BCUT2D eigenvalue weighted by Gasteiger charge is 2.09. The van der Waals surface area contributed by atoms with Gasteiger partial charge in [0.2, 0.25) is 0 Å². The molecule has 0 atom stereocenters. The van der Waals surface area contributed by atoms with Gasteiger partial charge in [0.05, 0.1) is 7.11 Å². The second kappa shape index (κ2) is 4.74. The first-order chi connectivity index (χ1) is 9.70. The number of hydrogen-bond acceptors (Lipinski definition) is 3. The molecule has 0 bridgehead atoms. The van der Waals surface area contributed by atoms with E-state index in [1.807, 2.05) is 24.3 Å². The second-order valence-corrected chi connectivity index (χ2v) is 4.53. The average Bonchev–Trinajstić information content (AvgIpc) is 2.49. The Labute approximate surface area is 115 Å². The maximum atomic E-state index is 11.9. The number of methoxy groups -OCH3 is 1. The number of hydrogen-bond donors (Lipinski definition) is 2. The fraction of sp³-hybridized carbons (Fsp3) is 0.0625. The Balaban J connectivity index is 2.30. The fourth-order valence-corrected chi connectivity index (χ4v) is 2.35. The van der Waals surface area contributed by atoms with Crippen molar-refractivity contribution in [1.82, 2.24) is 4.98 Å². The Bertz CT molecular complexity index is 820. The van der Waals surface area contributed by atoms with Crippen LogP contribution in [-0.4, -0.2) is 12.1 Å². The Morgan fingerprint density at radius 1 is 1.10 bits per heavy atom. The lowest BCUT2D eigenvalue weighted by Gasteiger charge is -2.09. The van der Waals surface area contributed by atoms with Gasteiger partial charge in [0.1, 0.15) is 5.75 Å². The first-order valence-electron chi connectivity index (χ1n) is 6.25. The number of nitrogen functional groups attached to an aromatic ring is 1. The SMILES string of the molecule is COc1ccc(-c2c[nH]c(=O)c3cccc(N)c23)cc1. The normalized spacial score (nSPS) is 10.7. The minimum absolute atomic E-state index is 0.135. The number of H-pyrrole nitrogens is 1. The zero-order valence-corrected chi connectivity index (χ0v) is 11.0. The number of aromatic amines is 1. The zero-order chi connectivity index (χ0) is 14.1. The van der Waals surface area contributed by atoms with Gasteiger partial charge < -0.3 is 15.5 Å². The van der Waals surface area contributed by atoms with Crippen molar-refractivity contribution in [2.45, 2.75) is 0 Å². The van der Waals surface area contributed by atoms with Crippen LogP contribution in [0.2, 0.25) is 0 Å². The van der Waals surface area contributed by atoms with Crippen molar-refractivity contribution in [3.8, 4) is 16.9 Å². The van der Waals surface area contributed by atoms with Crippen LogP contribution in [0.15, 0.2) is 53.5 Å². The quantitative estimate of drug-likeness (QED) is 0.701. The summed E-state index contributed by atoms with van der Waals surface area (Å²) < 4.78 is 5.15. The third kappa shape index (κ3) is 1.91. The van der Waals surface area contributed by atoms with Crippen LogP contribution in [0.1, 0.15) is 0 Å². The molecule has 4 heteroatoms. The highest BCUT2D eigenvalue weighted by Crippen LogP contribution is 2.31. The zero-order valence-electron chi connectivity index (χ0n) is 11.0. The standard InChI is InChI=1S/C16H14N2O2/c1-20-11-7-5-10(6-8-11)13-9-18-16(19)12-3-2-4-14(17)15(12)13/h2-9H,17H2,1H3,(H,18,19). The second-order valence-electron chi connectivity index (χ2n) is 4.53. The van der Waals surface area contributed by atoms with E-state index in [-0.39, 0.29) is 5.56 Å². The lowest BCUT2D eigenvalue weighted by molar-refractivity contribution is 0.415. The van der Waals surface area contributed by atoms with E-state index in [1.54, 1.807) is 31.5 Å². The van der Waals surface area contributed by atoms with E-state index in [9.17, 15) is 4.79 Å². The summed E-state index contributed by atoms with van der Waals surface area (Å²) in [7, 11) is 1.63. The molecule has 0 aliphatic heterocycles. The Morgan fingerprint density at radius 2 is 1.85 bits per heavy atom. The van der Waals surface area contributed by atoms with Crippen LogP contribution >= 0.6 is 0 Å². The van der Waals surface area contributed by atoms with Crippen molar-refractivity contribution < 1.29 is 4.74 Å². The van der Waals surface area contributed by atoms with Gasteiger partial charge in [0.15, 0.2) is 0 Å². The number of benzene rings is 2. The van der Waals surface area contributed by atoms with Gasteiger partial charge in [-0.3, -0.25) is 4.79 Å². The molecule has 2 aromatic carbocycles. The van der Waals surface area contributed by atoms with E-state index in [0.717, 1.165) is 22.3 Å². The summed E-state index contributed by atoms with van der Waals surface area (Å²) in [6.07, 6.45) is 1.70. The number of anilines is 1. The molecule has 0 saturated heterocycles. The third-order valence-electron chi connectivity index (χ3n) is 3.36. The maximum Gasteiger partial charge on any atom is 0.255 e. The van der Waals surface area contributed by atoms with Crippen molar-refractivity contribution in [1.29, 1.82) is 0 Å². The molecule has 0 saturated carbocycles. The summed E-state index contributed by atoms with van der Waals surface area (Å²) in [5.74, 6) is 0.787. The van der Waals surface area contributed by atoms with E-state index < -0.39 is 0 Å². The molecule has 0 aliphatic carbocycles. The summed E-state index contributed by atoms with van der Waals surface area (Å²) in [6, 6.07) is 13.0. The summed E-state index contributed by atoms with van der Waals surface area (Å²) in [4.78, 5) is 14.6. The van der Waals surface area contributed by atoms with Gasteiger partial charge in [0, 0.05) is 28.2 Å². The minimum Gasteiger partial charge on any atom is -0.497 e. The summed E-state index contributed by atoms with van der Waals surface area (Å²) in [6.45, 7) is 0. The summed E-state index contributed by atoms with van der Waals surface area (Å²) in [5.41, 5.74) is 8.38. The lowest BCUT2D eigenvalue weighted by Crippen LogP contribution is -2.07. The summed E-state index contributed by atoms with van der Waals surface area (Å²) in [5, 5.41) is 1.37. The molecule has 3 rings (SSSR count). The van der Waals surface area contributed by atoms with Crippen LogP contribution in [0.4, 0.5) is 5.69 Å². The molecule has 100 valence electrons. The molecular formula is C16H14N2O2. The third-order valence-corrected chi connectivity index (χ3v) is 3.36. The van der Waals surface area contributed by atoms with Gasteiger partial charge in [-0.1, -0.05) is 18.2 Å². The lowest BCUT2D eigenvalue weighted by atomic mass is 9.99. The molecule has 0 unspecified atom stereocenters. The molecule has 3 N–H and O–H groups in total. The first kappa shape index (κ1) is 12.3. The molecule has 0 aliphatic rings. The monoisotopic (exact) mass is 266 g/mol. The van der Waals surface area contributed by atoms with Crippen LogP contribution in [0.5, 0.6) is 5.75 Å². The van der Waals surface area contributed by atoms with Crippen molar-refractivity contribution in [2.24, 2.45) is 0 Å². The van der Waals surface area contributed by atoms with Crippen molar-refractivity contribution in [3.05, 3.63) is 59.0 Å². The molecule has 3 aromatic rings. The predicted octanol–water partition coefficient (Wildman–Crippen LogP) is 2.79. The topological polar surface area (TPSA) is 68.1 Å². The molecule has 0 spiro atoms. The van der Waals surface area contributed by atoms with Crippen molar-refractivity contribution >= 4 is 16.5 Å². The smallest absolute Gasteiger partial charge is 0.255 e. The van der Waals surface area contributed by atoms with Crippen LogP contribution < -0.4 is 16.0 Å². The van der Waals surface area contributed by atoms with E-state index in [2.05, 4.69) is 4.98 Å². The highest BCUT2D eigenvalue weighted by molar-refractivity contribution is 6.03. The molecule has 0 fully saturated rings. The van der Waals surface area contributed by atoms with Gasteiger partial charge in [-0.15, -0.1) is 0 Å². The van der Waals surface area contributed by atoms with E-state index >= 15 is 0 Å². The molecule has 0 radical (unpaired) electrons. The summed E-state index contributed by atoms with van der Waals surface area (Å²) >= 11 is 0. The number of ether oxygens (including phenoxy) is 1. The molecule has 4 nitrogen and oxygen atoms in total. The highest BCUT2D eigenvalue weighted by atomic mass is 16.5. The largest absolute Gasteiger partial charge is 0.497 e. The van der Waals surface area contributed by atoms with E-state index in [0.29, 0.717) is 11.1 Å². The Hall–Kier alpha value is -2.75. The number of aromatic nitrogens is 1. The van der Waals surface area contributed by atoms with Crippen LogP contribution in [-0.2, 0) is 0 Å². The van der Waals surface area contributed by atoms with Gasteiger partial charge in [-0.05, 0) is 29.8 Å². The van der Waals surface area contributed by atoms with E-state index in [1.165, 1.54) is 0 Å². The number of fused-ring (bicyclic) bond motifs is 1. The number of pyridine rings is 1.